The molecular weight excluding hydrogens is 174 g/mol. The third-order valence-corrected chi connectivity index (χ3v) is 2.12. The Bertz CT molecular complexity index is 254. The molecule has 0 fully saturated rings. The van der Waals surface area contributed by atoms with E-state index in [0.717, 1.165) is 25.2 Å². The first-order chi connectivity index (χ1) is 6.72. The fraction of sp³-hybridized carbons (Fsp3) is 0.500. The summed E-state index contributed by atoms with van der Waals surface area (Å²) in [5.41, 5.74) is 7.02. The molecule has 0 radical (unpaired) electrons. The van der Waals surface area contributed by atoms with Crippen molar-refractivity contribution in [2.75, 3.05) is 6.61 Å². The number of rotatable bonds is 5. The van der Waals surface area contributed by atoms with Crippen LogP contribution in [0.4, 0.5) is 0 Å². The number of benzene rings is 1. The van der Waals surface area contributed by atoms with Crippen LogP contribution < -0.4 is 10.5 Å². The minimum absolute atomic E-state index is 0.279. The molecule has 2 N–H and O–H groups in total. The van der Waals surface area contributed by atoms with Gasteiger partial charge in [-0.25, -0.2) is 0 Å². The molecule has 0 saturated carbocycles. The average molecular weight is 193 g/mol. The third-order valence-electron chi connectivity index (χ3n) is 2.12. The van der Waals surface area contributed by atoms with Crippen molar-refractivity contribution in [3.8, 4) is 5.75 Å². The Balaban J connectivity index is 2.46. The standard InChI is InChI=1S/C12H19NO/c1-3-14-12-8-6-11(7-9-12)5-4-10(2)13/h6-10H,3-5,13H2,1-2H3. The first-order valence-corrected chi connectivity index (χ1v) is 5.19. The normalized spacial score (nSPS) is 12.5. The van der Waals surface area contributed by atoms with Crippen LogP contribution in [0, 0.1) is 0 Å². The smallest absolute Gasteiger partial charge is 0.119 e. The molecule has 1 atom stereocenters. The summed E-state index contributed by atoms with van der Waals surface area (Å²) in [7, 11) is 0. The molecule has 2 nitrogen and oxygen atoms in total. The zero-order valence-electron chi connectivity index (χ0n) is 8.99. The van der Waals surface area contributed by atoms with Gasteiger partial charge in [-0.1, -0.05) is 12.1 Å². The summed E-state index contributed by atoms with van der Waals surface area (Å²) in [6.45, 7) is 4.75. The van der Waals surface area contributed by atoms with Gasteiger partial charge in [-0.2, -0.15) is 0 Å². The Morgan fingerprint density at radius 1 is 1.29 bits per heavy atom. The highest BCUT2D eigenvalue weighted by Crippen LogP contribution is 2.13. The molecule has 0 aliphatic rings. The second-order valence-corrected chi connectivity index (χ2v) is 3.59. The molecule has 0 bridgehead atoms. The first-order valence-electron chi connectivity index (χ1n) is 5.19. The highest BCUT2D eigenvalue weighted by Gasteiger charge is 1.97. The summed E-state index contributed by atoms with van der Waals surface area (Å²) in [6.07, 6.45) is 2.08. The van der Waals surface area contributed by atoms with Crippen molar-refractivity contribution in [3.63, 3.8) is 0 Å². The zero-order valence-corrected chi connectivity index (χ0v) is 8.99. The molecule has 2 heteroatoms. The van der Waals surface area contributed by atoms with Gasteiger partial charge in [0.2, 0.25) is 0 Å². The van der Waals surface area contributed by atoms with Crippen molar-refractivity contribution in [1.29, 1.82) is 0 Å². The highest BCUT2D eigenvalue weighted by atomic mass is 16.5. The summed E-state index contributed by atoms with van der Waals surface area (Å²) < 4.78 is 5.36. The predicted octanol–water partition coefficient (Wildman–Crippen LogP) is 2.37. The van der Waals surface area contributed by atoms with Gasteiger partial charge in [0, 0.05) is 6.04 Å². The van der Waals surface area contributed by atoms with E-state index in [0.29, 0.717) is 0 Å². The van der Waals surface area contributed by atoms with Gasteiger partial charge in [0.15, 0.2) is 0 Å². The fourth-order valence-corrected chi connectivity index (χ4v) is 1.31. The quantitative estimate of drug-likeness (QED) is 0.779. The van der Waals surface area contributed by atoms with E-state index in [-0.39, 0.29) is 6.04 Å². The highest BCUT2D eigenvalue weighted by molar-refractivity contribution is 5.27. The molecule has 1 aromatic carbocycles. The molecule has 0 amide bonds. The van der Waals surface area contributed by atoms with E-state index >= 15 is 0 Å². The van der Waals surface area contributed by atoms with Crippen LogP contribution in [0.2, 0.25) is 0 Å². The second kappa shape index (κ2) is 5.66. The van der Waals surface area contributed by atoms with Gasteiger partial charge in [0.05, 0.1) is 6.61 Å². The van der Waals surface area contributed by atoms with Gasteiger partial charge >= 0.3 is 0 Å². The summed E-state index contributed by atoms with van der Waals surface area (Å²) in [6, 6.07) is 8.52. The van der Waals surface area contributed by atoms with Crippen molar-refractivity contribution < 1.29 is 4.74 Å². The molecule has 0 heterocycles. The maximum atomic E-state index is 5.69. The predicted molar refractivity (Wildman–Crippen MR) is 59.6 cm³/mol. The van der Waals surface area contributed by atoms with Crippen LogP contribution in [0.15, 0.2) is 24.3 Å². The average Bonchev–Trinajstić information content (AvgIpc) is 2.17. The summed E-state index contributed by atoms with van der Waals surface area (Å²) in [5, 5.41) is 0. The molecule has 1 rings (SSSR count). The Hall–Kier alpha value is -1.02. The van der Waals surface area contributed by atoms with Gasteiger partial charge in [-0.05, 0) is 44.4 Å². The molecule has 0 aromatic heterocycles. The van der Waals surface area contributed by atoms with Crippen LogP contribution in [-0.4, -0.2) is 12.6 Å². The van der Waals surface area contributed by atoms with Gasteiger partial charge < -0.3 is 10.5 Å². The van der Waals surface area contributed by atoms with Crippen molar-refractivity contribution in [2.45, 2.75) is 32.7 Å². The molecule has 0 aliphatic heterocycles. The molecule has 1 unspecified atom stereocenters. The molecular formula is C12H19NO. The van der Waals surface area contributed by atoms with Gasteiger partial charge in [0.1, 0.15) is 5.75 Å². The van der Waals surface area contributed by atoms with Crippen LogP contribution in [-0.2, 0) is 6.42 Å². The lowest BCUT2D eigenvalue weighted by molar-refractivity contribution is 0.340. The van der Waals surface area contributed by atoms with Crippen molar-refractivity contribution >= 4 is 0 Å². The first kappa shape index (κ1) is 11.1. The van der Waals surface area contributed by atoms with Gasteiger partial charge in [-0.3, -0.25) is 0 Å². The maximum Gasteiger partial charge on any atom is 0.119 e. The molecule has 14 heavy (non-hydrogen) atoms. The summed E-state index contributed by atoms with van der Waals surface area (Å²) >= 11 is 0. The number of hydrogen-bond donors (Lipinski definition) is 1. The lowest BCUT2D eigenvalue weighted by Gasteiger charge is -2.06. The molecule has 0 spiro atoms. The number of ether oxygens (including phenoxy) is 1. The van der Waals surface area contributed by atoms with Crippen LogP contribution in [0.25, 0.3) is 0 Å². The SMILES string of the molecule is CCOc1ccc(CCC(C)N)cc1. The van der Waals surface area contributed by atoms with E-state index in [4.69, 9.17) is 10.5 Å². The monoisotopic (exact) mass is 193 g/mol. The van der Waals surface area contributed by atoms with Gasteiger partial charge in [0.25, 0.3) is 0 Å². The van der Waals surface area contributed by atoms with Crippen LogP contribution in [0.1, 0.15) is 25.8 Å². The molecule has 1 aromatic rings. The summed E-state index contributed by atoms with van der Waals surface area (Å²) in [4.78, 5) is 0. The Kier molecular flexibility index (Phi) is 4.47. The van der Waals surface area contributed by atoms with Crippen molar-refractivity contribution in [3.05, 3.63) is 29.8 Å². The topological polar surface area (TPSA) is 35.2 Å². The number of hydrogen-bond acceptors (Lipinski definition) is 2. The van der Waals surface area contributed by atoms with Crippen molar-refractivity contribution in [2.24, 2.45) is 5.73 Å². The number of nitrogens with two attached hydrogens (primary N) is 1. The Morgan fingerprint density at radius 3 is 2.43 bits per heavy atom. The lowest BCUT2D eigenvalue weighted by Crippen LogP contribution is -2.15. The van der Waals surface area contributed by atoms with E-state index < -0.39 is 0 Å². The summed E-state index contributed by atoms with van der Waals surface area (Å²) in [5.74, 6) is 0.942. The molecule has 78 valence electrons. The van der Waals surface area contributed by atoms with E-state index in [2.05, 4.69) is 12.1 Å². The fourth-order valence-electron chi connectivity index (χ4n) is 1.31. The third kappa shape index (κ3) is 3.79. The Morgan fingerprint density at radius 2 is 1.93 bits per heavy atom. The lowest BCUT2D eigenvalue weighted by atomic mass is 10.1. The Labute approximate surface area is 86.1 Å². The van der Waals surface area contributed by atoms with Crippen LogP contribution >= 0.6 is 0 Å². The number of aryl methyl sites for hydroxylation is 1. The van der Waals surface area contributed by atoms with E-state index in [1.165, 1.54) is 5.56 Å². The molecule has 0 aliphatic carbocycles. The minimum Gasteiger partial charge on any atom is -0.494 e. The van der Waals surface area contributed by atoms with E-state index in [1.54, 1.807) is 0 Å². The zero-order chi connectivity index (χ0) is 10.4. The largest absolute Gasteiger partial charge is 0.494 e. The maximum absolute atomic E-state index is 5.69. The van der Waals surface area contributed by atoms with Crippen molar-refractivity contribution in [1.82, 2.24) is 0 Å². The van der Waals surface area contributed by atoms with Crippen LogP contribution in [0.3, 0.4) is 0 Å². The van der Waals surface area contributed by atoms with E-state index in [1.807, 2.05) is 26.0 Å². The van der Waals surface area contributed by atoms with Gasteiger partial charge in [-0.15, -0.1) is 0 Å². The minimum atomic E-state index is 0.279. The molecule has 0 saturated heterocycles. The second-order valence-electron chi connectivity index (χ2n) is 3.59. The van der Waals surface area contributed by atoms with E-state index in [9.17, 15) is 0 Å². The van der Waals surface area contributed by atoms with Crippen LogP contribution in [0.5, 0.6) is 5.75 Å².